The molecule has 1 N–H and O–H groups in total. The maximum atomic E-state index is 12.8. The van der Waals surface area contributed by atoms with Gasteiger partial charge in [-0.1, -0.05) is 29.3 Å². The summed E-state index contributed by atoms with van der Waals surface area (Å²) in [5.74, 6) is 1.06. The zero-order valence-corrected chi connectivity index (χ0v) is 16.3. The van der Waals surface area contributed by atoms with E-state index in [0.717, 1.165) is 25.2 Å². The Hall–Kier alpha value is -2.71. The van der Waals surface area contributed by atoms with Crippen LogP contribution in [-0.4, -0.2) is 43.7 Å². The molecule has 0 saturated carbocycles. The summed E-state index contributed by atoms with van der Waals surface area (Å²) < 4.78 is 1.57. The molecule has 1 aliphatic heterocycles. The number of amides is 1. The van der Waals surface area contributed by atoms with E-state index in [1.807, 2.05) is 6.07 Å². The number of carbonyl (C=O) groups is 1. The first-order valence-corrected chi connectivity index (χ1v) is 9.54. The van der Waals surface area contributed by atoms with Crippen LogP contribution in [0.25, 0.3) is 5.82 Å². The molecule has 1 atom stereocenters. The second kappa shape index (κ2) is 8.12. The Labute approximate surface area is 171 Å². The highest BCUT2D eigenvalue weighted by molar-refractivity contribution is 6.39. The molecule has 144 valence electrons. The van der Waals surface area contributed by atoms with Crippen LogP contribution in [0.2, 0.25) is 10.0 Å². The van der Waals surface area contributed by atoms with Crippen molar-refractivity contribution in [3.05, 3.63) is 53.3 Å². The fourth-order valence-corrected chi connectivity index (χ4v) is 3.70. The summed E-state index contributed by atoms with van der Waals surface area (Å²) in [6.45, 7) is 1.35. The second-order valence-corrected chi connectivity index (χ2v) is 7.26. The van der Waals surface area contributed by atoms with Gasteiger partial charge in [-0.05, 0) is 25.0 Å². The number of hydrogen-bond acceptors (Lipinski definition) is 6. The number of halogens is 2. The summed E-state index contributed by atoms with van der Waals surface area (Å²) in [7, 11) is 0. The van der Waals surface area contributed by atoms with Gasteiger partial charge in [-0.3, -0.25) is 4.79 Å². The van der Waals surface area contributed by atoms with E-state index in [-0.39, 0.29) is 11.8 Å². The number of hydrogen-bond donors (Lipinski definition) is 1. The molecule has 1 aliphatic rings. The molecule has 1 amide bonds. The molecule has 1 saturated heterocycles. The van der Waals surface area contributed by atoms with E-state index >= 15 is 0 Å². The molecule has 0 spiro atoms. The molecule has 28 heavy (non-hydrogen) atoms. The SMILES string of the molecule is O=C(Nc1c(Cl)cccc1Cl)C1CCCN(c2cc(-n3cncn3)ncn2)C1. The summed E-state index contributed by atoms with van der Waals surface area (Å²) >= 11 is 12.3. The highest BCUT2D eigenvalue weighted by atomic mass is 35.5. The first-order chi connectivity index (χ1) is 13.6. The van der Waals surface area contributed by atoms with Crippen molar-refractivity contribution in [3.8, 4) is 5.82 Å². The van der Waals surface area contributed by atoms with E-state index in [1.165, 1.54) is 12.7 Å². The number of para-hydroxylation sites is 1. The molecule has 1 fully saturated rings. The lowest BCUT2D eigenvalue weighted by molar-refractivity contribution is -0.120. The molecule has 0 radical (unpaired) electrons. The van der Waals surface area contributed by atoms with E-state index < -0.39 is 0 Å². The number of carbonyl (C=O) groups excluding carboxylic acids is 1. The molecule has 0 bridgehead atoms. The number of nitrogens with one attached hydrogen (secondary N) is 1. The third-order valence-corrected chi connectivity index (χ3v) is 5.25. The van der Waals surface area contributed by atoms with Crippen LogP contribution in [0, 0.1) is 5.92 Å². The minimum Gasteiger partial charge on any atom is -0.356 e. The monoisotopic (exact) mass is 417 g/mol. The van der Waals surface area contributed by atoms with Crippen LogP contribution in [-0.2, 0) is 4.79 Å². The van der Waals surface area contributed by atoms with E-state index in [2.05, 4.69) is 30.3 Å². The summed E-state index contributed by atoms with van der Waals surface area (Å²) in [4.78, 5) is 27.4. The van der Waals surface area contributed by atoms with Crippen LogP contribution in [0.5, 0.6) is 0 Å². The predicted molar refractivity (Wildman–Crippen MR) is 107 cm³/mol. The maximum Gasteiger partial charge on any atom is 0.229 e. The van der Waals surface area contributed by atoms with Gasteiger partial charge in [0.25, 0.3) is 0 Å². The lowest BCUT2D eigenvalue weighted by atomic mass is 9.97. The smallest absolute Gasteiger partial charge is 0.229 e. The Kier molecular flexibility index (Phi) is 5.40. The van der Waals surface area contributed by atoms with Gasteiger partial charge in [0.1, 0.15) is 24.8 Å². The Balaban J connectivity index is 1.49. The van der Waals surface area contributed by atoms with Crippen molar-refractivity contribution in [1.82, 2.24) is 24.7 Å². The Bertz CT molecular complexity index is 960. The standard InChI is InChI=1S/C18H17Cl2N7O/c19-13-4-1-5-14(20)17(13)25-18(28)12-3-2-6-26(8-12)15-7-16(23-10-22-15)27-11-21-9-24-27/h1,4-5,7,9-12H,2-3,6,8H2,(H,25,28). The van der Waals surface area contributed by atoms with Gasteiger partial charge in [-0.2, -0.15) is 5.10 Å². The Morgan fingerprint density at radius 3 is 2.68 bits per heavy atom. The topological polar surface area (TPSA) is 88.8 Å². The molecule has 0 aliphatic carbocycles. The first kappa shape index (κ1) is 18.6. The minimum absolute atomic E-state index is 0.106. The molecular weight excluding hydrogens is 401 g/mol. The van der Waals surface area contributed by atoms with Gasteiger partial charge in [0.15, 0.2) is 5.82 Å². The number of anilines is 2. The van der Waals surface area contributed by atoms with Crippen molar-refractivity contribution in [3.63, 3.8) is 0 Å². The third-order valence-electron chi connectivity index (χ3n) is 4.62. The summed E-state index contributed by atoms with van der Waals surface area (Å²) in [5.41, 5.74) is 0.448. The van der Waals surface area contributed by atoms with Gasteiger partial charge < -0.3 is 10.2 Å². The van der Waals surface area contributed by atoms with E-state index in [0.29, 0.717) is 28.1 Å². The van der Waals surface area contributed by atoms with Crippen molar-refractivity contribution >= 4 is 40.6 Å². The molecule has 3 heterocycles. The zero-order valence-electron chi connectivity index (χ0n) is 14.8. The van der Waals surface area contributed by atoms with E-state index in [9.17, 15) is 4.79 Å². The largest absolute Gasteiger partial charge is 0.356 e. The van der Waals surface area contributed by atoms with E-state index in [4.69, 9.17) is 23.2 Å². The van der Waals surface area contributed by atoms with Crippen molar-refractivity contribution < 1.29 is 4.79 Å². The molecule has 8 nitrogen and oxygen atoms in total. The highest BCUT2D eigenvalue weighted by Gasteiger charge is 2.27. The van der Waals surface area contributed by atoms with Gasteiger partial charge in [0.2, 0.25) is 5.91 Å². The average molecular weight is 418 g/mol. The number of benzene rings is 1. The van der Waals surface area contributed by atoms with Gasteiger partial charge in [-0.15, -0.1) is 0 Å². The maximum absolute atomic E-state index is 12.8. The molecule has 3 aromatic rings. The number of rotatable bonds is 4. The summed E-state index contributed by atoms with van der Waals surface area (Å²) in [6, 6.07) is 6.97. The fraction of sp³-hybridized carbons (Fsp3) is 0.278. The minimum atomic E-state index is -0.203. The summed E-state index contributed by atoms with van der Waals surface area (Å²) in [5, 5.41) is 7.79. The van der Waals surface area contributed by atoms with Gasteiger partial charge in [-0.25, -0.2) is 19.6 Å². The first-order valence-electron chi connectivity index (χ1n) is 8.78. The number of nitrogens with zero attached hydrogens (tertiary/aromatic N) is 6. The van der Waals surface area contributed by atoms with Crippen LogP contribution >= 0.6 is 23.2 Å². The Morgan fingerprint density at radius 2 is 1.93 bits per heavy atom. The van der Waals surface area contributed by atoms with Gasteiger partial charge in [0, 0.05) is 19.2 Å². The normalized spacial score (nSPS) is 16.8. The van der Waals surface area contributed by atoms with Crippen LogP contribution < -0.4 is 10.2 Å². The molecule has 1 aromatic carbocycles. The zero-order chi connectivity index (χ0) is 19.5. The molecular formula is C18H17Cl2N7O. The summed E-state index contributed by atoms with van der Waals surface area (Å²) in [6.07, 6.45) is 6.16. The molecule has 10 heteroatoms. The van der Waals surface area contributed by atoms with E-state index in [1.54, 1.807) is 29.2 Å². The lowest BCUT2D eigenvalue weighted by Crippen LogP contribution is -2.41. The second-order valence-electron chi connectivity index (χ2n) is 6.45. The van der Waals surface area contributed by atoms with Crippen LogP contribution in [0.4, 0.5) is 11.5 Å². The van der Waals surface area contributed by atoms with Gasteiger partial charge in [0.05, 0.1) is 21.7 Å². The quantitative estimate of drug-likeness (QED) is 0.700. The number of piperidine rings is 1. The van der Waals surface area contributed by atoms with Crippen LogP contribution in [0.3, 0.4) is 0 Å². The van der Waals surface area contributed by atoms with Crippen molar-refractivity contribution in [2.24, 2.45) is 5.92 Å². The third kappa shape index (κ3) is 3.93. The molecule has 4 rings (SSSR count). The molecule has 1 unspecified atom stereocenters. The Morgan fingerprint density at radius 1 is 1.14 bits per heavy atom. The fourth-order valence-electron chi connectivity index (χ4n) is 3.20. The highest BCUT2D eigenvalue weighted by Crippen LogP contribution is 2.31. The predicted octanol–water partition coefficient (Wildman–Crippen LogP) is 3.22. The van der Waals surface area contributed by atoms with Crippen molar-refractivity contribution in [2.45, 2.75) is 12.8 Å². The average Bonchev–Trinajstić information content (AvgIpc) is 3.26. The number of aromatic nitrogens is 5. The van der Waals surface area contributed by atoms with Crippen molar-refractivity contribution in [2.75, 3.05) is 23.3 Å². The van der Waals surface area contributed by atoms with Crippen LogP contribution in [0.1, 0.15) is 12.8 Å². The van der Waals surface area contributed by atoms with Gasteiger partial charge >= 0.3 is 0 Å². The van der Waals surface area contributed by atoms with Crippen molar-refractivity contribution in [1.29, 1.82) is 0 Å². The lowest BCUT2D eigenvalue weighted by Gasteiger charge is -2.33. The molecule has 2 aromatic heterocycles. The van der Waals surface area contributed by atoms with Crippen LogP contribution in [0.15, 0.2) is 43.2 Å².